The van der Waals surface area contributed by atoms with Crippen LogP contribution in [-0.2, 0) is 11.2 Å². The van der Waals surface area contributed by atoms with E-state index >= 15 is 0 Å². The first-order chi connectivity index (χ1) is 9.40. The van der Waals surface area contributed by atoms with Gasteiger partial charge in [0.2, 0.25) is 0 Å². The van der Waals surface area contributed by atoms with E-state index in [1.54, 1.807) is 7.11 Å². The van der Waals surface area contributed by atoms with E-state index in [-0.39, 0.29) is 0 Å². The van der Waals surface area contributed by atoms with Crippen LogP contribution in [0.5, 0.6) is 0 Å². The van der Waals surface area contributed by atoms with E-state index in [9.17, 15) is 0 Å². The third-order valence-electron chi connectivity index (χ3n) is 3.18. The predicted molar refractivity (Wildman–Crippen MR) is 79.2 cm³/mol. The quantitative estimate of drug-likeness (QED) is 0.767. The molecule has 0 heterocycles. The zero-order valence-electron chi connectivity index (χ0n) is 11.4. The molecule has 19 heavy (non-hydrogen) atoms. The van der Waals surface area contributed by atoms with Gasteiger partial charge in [-0.05, 0) is 17.5 Å². The number of rotatable bonds is 7. The fourth-order valence-corrected chi connectivity index (χ4v) is 2.18. The third-order valence-corrected chi connectivity index (χ3v) is 3.18. The minimum atomic E-state index is 0.332. The SMILES string of the molecule is COCCN[C@@H](Cc1ccccc1)c1ccccc1. The van der Waals surface area contributed by atoms with E-state index in [0.717, 1.165) is 19.6 Å². The summed E-state index contributed by atoms with van der Waals surface area (Å²) in [5.74, 6) is 0. The average molecular weight is 255 g/mol. The van der Waals surface area contributed by atoms with Crippen molar-refractivity contribution in [3.8, 4) is 0 Å². The fraction of sp³-hybridized carbons (Fsp3) is 0.294. The highest BCUT2D eigenvalue weighted by Gasteiger charge is 2.10. The molecule has 2 rings (SSSR count). The van der Waals surface area contributed by atoms with Crippen molar-refractivity contribution in [1.82, 2.24) is 5.32 Å². The normalized spacial score (nSPS) is 12.3. The number of hydrogen-bond acceptors (Lipinski definition) is 2. The monoisotopic (exact) mass is 255 g/mol. The van der Waals surface area contributed by atoms with Crippen LogP contribution in [0.1, 0.15) is 17.2 Å². The summed E-state index contributed by atoms with van der Waals surface area (Å²) >= 11 is 0. The molecular formula is C17H21NO. The van der Waals surface area contributed by atoms with Gasteiger partial charge in [0.25, 0.3) is 0 Å². The molecular weight excluding hydrogens is 234 g/mol. The highest BCUT2D eigenvalue weighted by atomic mass is 16.5. The molecule has 0 aliphatic rings. The number of ether oxygens (including phenoxy) is 1. The van der Waals surface area contributed by atoms with E-state index in [2.05, 4.69) is 66.0 Å². The Hall–Kier alpha value is -1.64. The number of hydrogen-bond donors (Lipinski definition) is 1. The first kappa shape index (κ1) is 13.8. The summed E-state index contributed by atoms with van der Waals surface area (Å²) in [5, 5.41) is 3.56. The molecule has 2 aromatic carbocycles. The second-order valence-corrected chi connectivity index (χ2v) is 4.60. The summed E-state index contributed by atoms with van der Waals surface area (Å²) in [7, 11) is 1.73. The second-order valence-electron chi connectivity index (χ2n) is 4.60. The van der Waals surface area contributed by atoms with Crippen LogP contribution in [0.2, 0.25) is 0 Å². The number of methoxy groups -OCH3 is 1. The van der Waals surface area contributed by atoms with Gasteiger partial charge in [-0.25, -0.2) is 0 Å². The van der Waals surface area contributed by atoms with E-state index < -0.39 is 0 Å². The lowest BCUT2D eigenvalue weighted by molar-refractivity contribution is 0.195. The average Bonchev–Trinajstić information content (AvgIpc) is 2.48. The molecule has 0 aliphatic carbocycles. The van der Waals surface area contributed by atoms with Gasteiger partial charge in [0.15, 0.2) is 0 Å². The van der Waals surface area contributed by atoms with Crippen molar-refractivity contribution >= 4 is 0 Å². The topological polar surface area (TPSA) is 21.3 Å². The maximum absolute atomic E-state index is 5.12. The van der Waals surface area contributed by atoms with Crippen LogP contribution in [0.25, 0.3) is 0 Å². The molecule has 0 saturated heterocycles. The first-order valence-corrected chi connectivity index (χ1v) is 6.71. The molecule has 1 atom stereocenters. The van der Waals surface area contributed by atoms with Crippen molar-refractivity contribution in [2.75, 3.05) is 20.3 Å². The highest BCUT2D eigenvalue weighted by Crippen LogP contribution is 2.17. The number of nitrogens with one attached hydrogen (secondary N) is 1. The van der Waals surface area contributed by atoms with Gasteiger partial charge < -0.3 is 10.1 Å². The largest absolute Gasteiger partial charge is 0.383 e. The van der Waals surface area contributed by atoms with Crippen LogP contribution in [0.3, 0.4) is 0 Å². The molecule has 0 aliphatic heterocycles. The molecule has 0 amide bonds. The predicted octanol–water partition coefficient (Wildman–Crippen LogP) is 3.21. The van der Waals surface area contributed by atoms with Gasteiger partial charge in [0.05, 0.1) is 6.61 Å². The van der Waals surface area contributed by atoms with Crippen LogP contribution in [0.4, 0.5) is 0 Å². The molecule has 100 valence electrons. The van der Waals surface area contributed by atoms with Gasteiger partial charge in [-0.1, -0.05) is 60.7 Å². The van der Waals surface area contributed by atoms with Crippen molar-refractivity contribution in [1.29, 1.82) is 0 Å². The Morgan fingerprint density at radius 2 is 1.58 bits per heavy atom. The lowest BCUT2D eigenvalue weighted by atomic mass is 9.99. The van der Waals surface area contributed by atoms with Gasteiger partial charge in [-0.3, -0.25) is 0 Å². The summed E-state index contributed by atoms with van der Waals surface area (Å²) in [6, 6.07) is 21.5. The summed E-state index contributed by atoms with van der Waals surface area (Å²) in [5.41, 5.74) is 2.67. The van der Waals surface area contributed by atoms with Gasteiger partial charge in [-0.15, -0.1) is 0 Å². The van der Waals surface area contributed by atoms with Gasteiger partial charge >= 0.3 is 0 Å². The van der Waals surface area contributed by atoms with Gasteiger partial charge in [-0.2, -0.15) is 0 Å². The molecule has 1 N–H and O–H groups in total. The van der Waals surface area contributed by atoms with Gasteiger partial charge in [0.1, 0.15) is 0 Å². The molecule has 2 heteroatoms. The zero-order valence-corrected chi connectivity index (χ0v) is 11.4. The van der Waals surface area contributed by atoms with E-state index in [1.165, 1.54) is 11.1 Å². The molecule has 0 bridgehead atoms. The summed E-state index contributed by atoms with van der Waals surface area (Å²) in [4.78, 5) is 0. The van der Waals surface area contributed by atoms with Crippen molar-refractivity contribution in [3.63, 3.8) is 0 Å². The lowest BCUT2D eigenvalue weighted by Crippen LogP contribution is -2.26. The van der Waals surface area contributed by atoms with Crippen LogP contribution < -0.4 is 5.32 Å². The molecule has 0 unspecified atom stereocenters. The van der Waals surface area contributed by atoms with Crippen LogP contribution >= 0.6 is 0 Å². The Morgan fingerprint density at radius 3 is 2.21 bits per heavy atom. The molecule has 2 nitrogen and oxygen atoms in total. The van der Waals surface area contributed by atoms with Crippen LogP contribution in [-0.4, -0.2) is 20.3 Å². The maximum Gasteiger partial charge on any atom is 0.0587 e. The minimum Gasteiger partial charge on any atom is -0.383 e. The van der Waals surface area contributed by atoms with Crippen molar-refractivity contribution in [2.45, 2.75) is 12.5 Å². The summed E-state index contributed by atoms with van der Waals surface area (Å²) in [6.45, 7) is 1.60. The lowest BCUT2D eigenvalue weighted by Gasteiger charge is -2.19. The van der Waals surface area contributed by atoms with Crippen molar-refractivity contribution in [3.05, 3.63) is 71.8 Å². The smallest absolute Gasteiger partial charge is 0.0587 e. The maximum atomic E-state index is 5.12. The van der Waals surface area contributed by atoms with Crippen LogP contribution in [0.15, 0.2) is 60.7 Å². The van der Waals surface area contributed by atoms with Gasteiger partial charge in [0, 0.05) is 19.7 Å². The Kier molecular flexibility index (Phi) is 5.60. The molecule has 0 fully saturated rings. The fourth-order valence-electron chi connectivity index (χ4n) is 2.18. The van der Waals surface area contributed by atoms with Crippen LogP contribution in [0, 0.1) is 0 Å². The van der Waals surface area contributed by atoms with Crippen molar-refractivity contribution in [2.24, 2.45) is 0 Å². The Balaban J connectivity index is 2.06. The Labute approximate surface area is 115 Å². The number of benzene rings is 2. The molecule has 0 aromatic heterocycles. The second kappa shape index (κ2) is 7.72. The van der Waals surface area contributed by atoms with E-state index in [4.69, 9.17) is 4.74 Å². The highest BCUT2D eigenvalue weighted by molar-refractivity contribution is 5.23. The van der Waals surface area contributed by atoms with E-state index in [0.29, 0.717) is 6.04 Å². The van der Waals surface area contributed by atoms with E-state index in [1.807, 2.05) is 0 Å². The molecule has 0 saturated carbocycles. The Morgan fingerprint density at radius 1 is 0.947 bits per heavy atom. The first-order valence-electron chi connectivity index (χ1n) is 6.71. The third kappa shape index (κ3) is 4.51. The standard InChI is InChI=1S/C17H21NO/c1-19-13-12-18-17(16-10-6-3-7-11-16)14-15-8-4-2-5-9-15/h2-11,17-18H,12-14H2,1H3/t17-/m0/s1. The molecule has 2 aromatic rings. The minimum absolute atomic E-state index is 0.332. The summed E-state index contributed by atoms with van der Waals surface area (Å²) in [6.07, 6.45) is 0.995. The molecule has 0 radical (unpaired) electrons. The zero-order chi connectivity index (χ0) is 13.3. The summed E-state index contributed by atoms with van der Waals surface area (Å²) < 4.78 is 5.12. The molecule has 0 spiro atoms. The Bertz CT molecular complexity index is 455. The van der Waals surface area contributed by atoms with Crippen molar-refractivity contribution < 1.29 is 4.74 Å².